The highest BCUT2D eigenvalue weighted by atomic mass is 19.1. The number of nitrogens with zero attached hydrogens (tertiary/aromatic N) is 1. The van der Waals surface area contributed by atoms with E-state index in [0.29, 0.717) is 22.6 Å². The number of amides is 1. The third kappa shape index (κ3) is 3.92. The van der Waals surface area contributed by atoms with Gasteiger partial charge in [-0.15, -0.1) is 0 Å². The summed E-state index contributed by atoms with van der Waals surface area (Å²) < 4.78 is 26.1. The van der Waals surface area contributed by atoms with Crippen molar-refractivity contribution in [2.24, 2.45) is 0 Å². The smallest absolute Gasteiger partial charge is 0.257 e. The molecule has 0 radical (unpaired) electrons. The third-order valence-electron chi connectivity index (χ3n) is 3.22. The molecule has 24 heavy (non-hydrogen) atoms. The first-order chi connectivity index (χ1) is 11.6. The van der Waals surface area contributed by atoms with Gasteiger partial charge in [0.2, 0.25) is 0 Å². The van der Waals surface area contributed by atoms with Gasteiger partial charge >= 0.3 is 0 Å². The topological polar surface area (TPSA) is 54.0 Å². The van der Waals surface area contributed by atoms with Crippen molar-refractivity contribution in [1.82, 2.24) is 4.98 Å². The van der Waals surface area contributed by atoms with Gasteiger partial charge in [0.05, 0.1) is 17.4 Å². The van der Waals surface area contributed by atoms with Gasteiger partial charge in [0, 0.05) is 17.6 Å². The van der Waals surface area contributed by atoms with Crippen LogP contribution >= 0.6 is 0 Å². The number of carbonyl (C=O) groups is 1. The van der Waals surface area contributed by atoms with Gasteiger partial charge in [-0.2, -0.15) is 0 Å². The van der Waals surface area contributed by atoms with E-state index in [1.807, 2.05) is 0 Å². The molecule has 4 nitrogen and oxygen atoms in total. The number of benzene rings is 2. The Morgan fingerprint density at radius 2 is 1.62 bits per heavy atom. The molecule has 0 spiro atoms. The van der Waals surface area contributed by atoms with Gasteiger partial charge in [0.15, 0.2) is 0 Å². The highest BCUT2D eigenvalue weighted by Crippen LogP contribution is 2.18. The minimum atomic E-state index is -0.433. The molecule has 0 bridgehead atoms. The molecule has 6 heteroatoms. The van der Waals surface area contributed by atoms with Crippen LogP contribution in [0.1, 0.15) is 10.4 Å². The second-order valence-corrected chi connectivity index (χ2v) is 5.06. The summed E-state index contributed by atoms with van der Waals surface area (Å²) in [6, 6.07) is 13.0. The minimum Gasteiger partial charge on any atom is -0.354 e. The summed E-state index contributed by atoms with van der Waals surface area (Å²) in [5.41, 5.74) is 1.91. The van der Waals surface area contributed by atoms with Gasteiger partial charge in [-0.05, 0) is 48.5 Å². The van der Waals surface area contributed by atoms with Crippen molar-refractivity contribution in [2.45, 2.75) is 0 Å². The fraction of sp³-hybridized carbons (Fsp3) is 0. The van der Waals surface area contributed by atoms with Crippen LogP contribution in [-0.2, 0) is 0 Å². The SMILES string of the molecule is O=C(Nc1cccc(F)c1)c1cncc(Nc2ccc(F)cc2)c1. The Hall–Kier alpha value is -3.28. The van der Waals surface area contributed by atoms with E-state index in [1.54, 1.807) is 30.5 Å². The number of nitrogens with one attached hydrogen (secondary N) is 2. The maximum atomic E-state index is 13.2. The fourth-order valence-corrected chi connectivity index (χ4v) is 2.10. The van der Waals surface area contributed by atoms with Crippen molar-refractivity contribution in [3.05, 3.63) is 84.2 Å². The monoisotopic (exact) mass is 325 g/mol. The van der Waals surface area contributed by atoms with Crippen LogP contribution in [0.15, 0.2) is 67.0 Å². The number of aromatic nitrogens is 1. The van der Waals surface area contributed by atoms with E-state index >= 15 is 0 Å². The molecule has 0 fully saturated rings. The lowest BCUT2D eigenvalue weighted by atomic mass is 10.2. The lowest BCUT2D eigenvalue weighted by Gasteiger charge is -2.09. The van der Waals surface area contributed by atoms with Gasteiger partial charge in [-0.3, -0.25) is 9.78 Å². The van der Waals surface area contributed by atoms with E-state index in [4.69, 9.17) is 0 Å². The maximum Gasteiger partial charge on any atom is 0.257 e. The highest BCUT2D eigenvalue weighted by Gasteiger charge is 2.08. The molecule has 0 aliphatic carbocycles. The highest BCUT2D eigenvalue weighted by molar-refractivity contribution is 6.04. The molecule has 0 aliphatic heterocycles. The number of anilines is 3. The lowest BCUT2D eigenvalue weighted by Crippen LogP contribution is -2.12. The van der Waals surface area contributed by atoms with Crippen LogP contribution in [0.3, 0.4) is 0 Å². The van der Waals surface area contributed by atoms with E-state index in [1.165, 1.54) is 36.5 Å². The Kier molecular flexibility index (Phi) is 4.47. The van der Waals surface area contributed by atoms with E-state index in [0.717, 1.165) is 0 Å². The van der Waals surface area contributed by atoms with Crippen molar-refractivity contribution < 1.29 is 13.6 Å². The van der Waals surface area contributed by atoms with Crippen LogP contribution in [0.4, 0.5) is 25.8 Å². The third-order valence-corrected chi connectivity index (χ3v) is 3.22. The van der Waals surface area contributed by atoms with Crippen molar-refractivity contribution in [2.75, 3.05) is 10.6 Å². The quantitative estimate of drug-likeness (QED) is 0.749. The second kappa shape index (κ2) is 6.87. The summed E-state index contributed by atoms with van der Waals surface area (Å²) in [5, 5.41) is 5.63. The molecule has 0 atom stereocenters. The number of hydrogen-bond donors (Lipinski definition) is 2. The van der Waals surface area contributed by atoms with Gasteiger partial charge in [0.25, 0.3) is 5.91 Å². The zero-order valence-corrected chi connectivity index (χ0v) is 12.5. The van der Waals surface area contributed by atoms with Crippen LogP contribution in [0.2, 0.25) is 0 Å². The average Bonchev–Trinajstić information content (AvgIpc) is 2.57. The predicted octanol–water partition coefficient (Wildman–Crippen LogP) is 4.36. The van der Waals surface area contributed by atoms with Crippen LogP contribution in [0, 0.1) is 11.6 Å². The predicted molar refractivity (Wildman–Crippen MR) is 88.3 cm³/mol. The number of hydrogen-bond acceptors (Lipinski definition) is 3. The molecule has 2 aromatic carbocycles. The summed E-state index contributed by atoms with van der Waals surface area (Å²) in [4.78, 5) is 16.2. The molecule has 2 N–H and O–H groups in total. The molecule has 1 amide bonds. The maximum absolute atomic E-state index is 13.2. The zero-order valence-electron chi connectivity index (χ0n) is 12.5. The summed E-state index contributed by atoms with van der Waals surface area (Å²) in [7, 11) is 0. The molecule has 0 aliphatic rings. The van der Waals surface area contributed by atoms with Crippen molar-refractivity contribution >= 4 is 23.0 Å². The minimum absolute atomic E-state index is 0.311. The Bertz CT molecular complexity index is 866. The van der Waals surface area contributed by atoms with Crippen molar-refractivity contribution in [3.63, 3.8) is 0 Å². The average molecular weight is 325 g/mol. The van der Waals surface area contributed by atoms with E-state index in [2.05, 4.69) is 15.6 Å². The number of halogens is 2. The summed E-state index contributed by atoms with van der Waals surface area (Å²) in [5.74, 6) is -1.17. The molecular weight excluding hydrogens is 312 g/mol. The summed E-state index contributed by atoms with van der Waals surface area (Å²) in [6.07, 6.45) is 2.95. The lowest BCUT2D eigenvalue weighted by molar-refractivity contribution is 0.102. The Morgan fingerprint density at radius 1 is 0.833 bits per heavy atom. The van der Waals surface area contributed by atoms with E-state index < -0.39 is 11.7 Å². The molecule has 3 aromatic rings. The molecule has 0 unspecified atom stereocenters. The molecule has 1 heterocycles. The standard InChI is InChI=1S/C18H13F2N3O/c19-13-4-6-15(7-5-13)22-17-8-12(10-21-11-17)18(24)23-16-3-1-2-14(20)9-16/h1-11,22H,(H,23,24). The number of rotatable bonds is 4. The van der Waals surface area contributed by atoms with Crippen molar-refractivity contribution in [1.29, 1.82) is 0 Å². The second-order valence-electron chi connectivity index (χ2n) is 5.06. The molecule has 0 saturated heterocycles. The molecule has 3 rings (SSSR count). The van der Waals surface area contributed by atoms with E-state index in [-0.39, 0.29) is 5.82 Å². The first-order valence-corrected chi connectivity index (χ1v) is 7.15. The van der Waals surface area contributed by atoms with Crippen molar-refractivity contribution in [3.8, 4) is 0 Å². The summed E-state index contributed by atoms with van der Waals surface area (Å²) in [6.45, 7) is 0. The van der Waals surface area contributed by atoms with Gasteiger partial charge < -0.3 is 10.6 Å². The largest absolute Gasteiger partial charge is 0.354 e. The van der Waals surface area contributed by atoms with Crippen LogP contribution in [0.5, 0.6) is 0 Å². The fourth-order valence-electron chi connectivity index (χ4n) is 2.10. The van der Waals surface area contributed by atoms with Gasteiger partial charge in [0.1, 0.15) is 11.6 Å². The Morgan fingerprint density at radius 3 is 2.38 bits per heavy atom. The van der Waals surface area contributed by atoms with Gasteiger partial charge in [-0.25, -0.2) is 8.78 Å². The number of pyridine rings is 1. The summed E-state index contributed by atoms with van der Waals surface area (Å²) >= 11 is 0. The van der Waals surface area contributed by atoms with E-state index in [9.17, 15) is 13.6 Å². The number of carbonyl (C=O) groups excluding carboxylic acids is 1. The van der Waals surface area contributed by atoms with Gasteiger partial charge in [-0.1, -0.05) is 6.07 Å². The molecular formula is C18H13F2N3O. The molecule has 120 valence electrons. The normalized spacial score (nSPS) is 10.2. The Balaban J connectivity index is 1.74. The molecule has 0 saturated carbocycles. The first-order valence-electron chi connectivity index (χ1n) is 7.15. The molecule has 1 aromatic heterocycles. The van der Waals surface area contributed by atoms with Crippen LogP contribution in [-0.4, -0.2) is 10.9 Å². The first kappa shape index (κ1) is 15.6. The van der Waals surface area contributed by atoms with Crippen LogP contribution in [0.25, 0.3) is 0 Å². The zero-order chi connectivity index (χ0) is 16.9. The van der Waals surface area contributed by atoms with Crippen LogP contribution < -0.4 is 10.6 Å². The Labute approximate surface area is 137 Å².